The molecule has 0 atom stereocenters. The third kappa shape index (κ3) is 5.62. The number of hydrogen-bond donors (Lipinski definition) is 2. The maximum absolute atomic E-state index is 5.35. The van der Waals surface area contributed by atoms with E-state index in [1.165, 1.54) is 37.7 Å². The minimum atomic E-state index is 0.579. The molecule has 1 fully saturated rings. The lowest BCUT2D eigenvalue weighted by molar-refractivity contribution is 0.354. The summed E-state index contributed by atoms with van der Waals surface area (Å²) in [6, 6.07) is 6.69. The van der Waals surface area contributed by atoms with E-state index in [-0.39, 0.29) is 0 Å². The van der Waals surface area contributed by atoms with Crippen LogP contribution in [0.15, 0.2) is 23.2 Å². The van der Waals surface area contributed by atoms with Gasteiger partial charge in [-0.05, 0) is 43.4 Å². The number of guanidine groups is 1. The van der Waals surface area contributed by atoms with Gasteiger partial charge in [-0.15, -0.1) is 0 Å². The molecule has 0 bridgehead atoms. The summed E-state index contributed by atoms with van der Waals surface area (Å²) in [6.45, 7) is 0.904. The Morgan fingerprint density at radius 3 is 2.54 bits per heavy atom. The lowest BCUT2D eigenvalue weighted by Gasteiger charge is -2.24. The Morgan fingerprint density at radius 1 is 1.12 bits per heavy atom. The van der Waals surface area contributed by atoms with Crippen molar-refractivity contribution in [3.8, 4) is 11.5 Å². The minimum Gasteiger partial charge on any atom is -0.493 e. The molecule has 1 aliphatic rings. The molecule has 24 heavy (non-hydrogen) atoms. The molecule has 2 N–H and O–H groups in total. The van der Waals surface area contributed by atoms with Crippen molar-refractivity contribution in [1.82, 2.24) is 10.6 Å². The fourth-order valence-corrected chi connectivity index (χ4v) is 3.17. The highest BCUT2D eigenvalue weighted by Crippen LogP contribution is 2.27. The molecule has 0 saturated heterocycles. The van der Waals surface area contributed by atoms with Crippen molar-refractivity contribution in [3.05, 3.63) is 23.8 Å². The van der Waals surface area contributed by atoms with Gasteiger partial charge < -0.3 is 20.1 Å². The summed E-state index contributed by atoms with van der Waals surface area (Å²) < 4.78 is 10.6. The predicted molar refractivity (Wildman–Crippen MR) is 99.2 cm³/mol. The van der Waals surface area contributed by atoms with Gasteiger partial charge in [0.2, 0.25) is 0 Å². The highest BCUT2D eigenvalue weighted by atomic mass is 16.5. The van der Waals surface area contributed by atoms with Crippen molar-refractivity contribution >= 4 is 5.96 Å². The topological polar surface area (TPSA) is 54.9 Å². The van der Waals surface area contributed by atoms with Crippen molar-refractivity contribution in [2.24, 2.45) is 4.99 Å². The van der Waals surface area contributed by atoms with E-state index in [1.54, 1.807) is 14.2 Å². The molecular weight excluding hydrogens is 302 g/mol. The third-order valence-corrected chi connectivity index (χ3v) is 4.55. The minimum absolute atomic E-state index is 0.579. The van der Waals surface area contributed by atoms with Gasteiger partial charge >= 0.3 is 0 Å². The van der Waals surface area contributed by atoms with E-state index in [0.717, 1.165) is 36.8 Å². The van der Waals surface area contributed by atoms with Crippen LogP contribution < -0.4 is 20.1 Å². The molecule has 5 nitrogen and oxygen atoms in total. The molecule has 1 aromatic rings. The predicted octanol–water partition coefficient (Wildman–Crippen LogP) is 3.13. The van der Waals surface area contributed by atoms with Crippen molar-refractivity contribution < 1.29 is 9.47 Å². The normalized spacial score (nSPS) is 15.9. The lowest BCUT2D eigenvalue weighted by atomic mass is 9.96. The van der Waals surface area contributed by atoms with Gasteiger partial charge in [0.15, 0.2) is 17.5 Å². The van der Waals surface area contributed by atoms with Crippen LogP contribution in [0.25, 0.3) is 0 Å². The maximum Gasteiger partial charge on any atom is 0.191 e. The van der Waals surface area contributed by atoms with Gasteiger partial charge in [0.05, 0.1) is 14.2 Å². The summed E-state index contributed by atoms with van der Waals surface area (Å²) in [5, 5.41) is 6.96. The third-order valence-electron chi connectivity index (χ3n) is 4.55. The van der Waals surface area contributed by atoms with E-state index >= 15 is 0 Å². The average molecular weight is 333 g/mol. The van der Waals surface area contributed by atoms with Crippen LogP contribution >= 0.6 is 0 Å². The Balaban J connectivity index is 1.73. The number of aliphatic imine (C=N–C) groups is 1. The highest BCUT2D eigenvalue weighted by Gasteiger charge is 2.14. The van der Waals surface area contributed by atoms with Gasteiger partial charge in [0, 0.05) is 19.6 Å². The lowest BCUT2D eigenvalue weighted by Crippen LogP contribution is -2.44. The van der Waals surface area contributed by atoms with Gasteiger partial charge in [-0.2, -0.15) is 0 Å². The van der Waals surface area contributed by atoms with Crippen LogP contribution in [-0.4, -0.2) is 39.8 Å². The van der Waals surface area contributed by atoms with E-state index in [4.69, 9.17) is 9.47 Å². The van der Waals surface area contributed by atoms with Crippen LogP contribution in [0, 0.1) is 0 Å². The SMILES string of the molecule is CN=C(NCCCc1ccc(OC)c(OC)c1)NC1CCCCC1. The van der Waals surface area contributed by atoms with Gasteiger partial charge in [-0.25, -0.2) is 0 Å². The van der Waals surface area contributed by atoms with Gasteiger partial charge in [-0.3, -0.25) is 4.99 Å². The van der Waals surface area contributed by atoms with Crippen LogP contribution in [0.1, 0.15) is 44.1 Å². The zero-order valence-electron chi connectivity index (χ0n) is 15.2. The molecule has 0 spiro atoms. The van der Waals surface area contributed by atoms with Crippen molar-refractivity contribution in [3.63, 3.8) is 0 Å². The first-order chi connectivity index (χ1) is 11.8. The molecule has 2 rings (SSSR count). The summed E-state index contributed by atoms with van der Waals surface area (Å²) in [4.78, 5) is 4.33. The number of benzene rings is 1. The first-order valence-electron chi connectivity index (χ1n) is 8.95. The molecular formula is C19H31N3O2. The van der Waals surface area contributed by atoms with Gasteiger partial charge in [-0.1, -0.05) is 25.3 Å². The van der Waals surface area contributed by atoms with E-state index in [2.05, 4.69) is 21.7 Å². The highest BCUT2D eigenvalue weighted by molar-refractivity contribution is 5.79. The second-order valence-electron chi connectivity index (χ2n) is 6.27. The van der Waals surface area contributed by atoms with E-state index < -0.39 is 0 Å². The van der Waals surface area contributed by atoms with Crippen LogP contribution in [-0.2, 0) is 6.42 Å². The Kier molecular flexibility index (Phi) is 7.72. The monoisotopic (exact) mass is 333 g/mol. The van der Waals surface area contributed by atoms with Crippen molar-refractivity contribution in [2.75, 3.05) is 27.8 Å². The summed E-state index contributed by atoms with van der Waals surface area (Å²) in [5.41, 5.74) is 1.25. The molecule has 0 aliphatic heterocycles. The molecule has 134 valence electrons. The Hall–Kier alpha value is -1.91. The number of methoxy groups -OCH3 is 2. The smallest absolute Gasteiger partial charge is 0.191 e. The first-order valence-corrected chi connectivity index (χ1v) is 8.95. The van der Waals surface area contributed by atoms with E-state index in [1.807, 2.05) is 19.2 Å². The quantitative estimate of drug-likeness (QED) is 0.457. The number of hydrogen-bond acceptors (Lipinski definition) is 3. The zero-order chi connectivity index (χ0) is 17.2. The fourth-order valence-electron chi connectivity index (χ4n) is 3.17. The molecule has 0 unspecified atom stereocenters. The average Bonchev–Trinajstić information content (AvgIpc) is 2.64. The van der Waals surface area contributed by atoms with E-state index in [0.29, 0.717) is 6.04 Å². The second kappa shape index (κ2) is 10.1. The summed E-state index contributed by atoms with van der Waals surface area (Å²) in [5.74, 6) is 2.49. The molecule has 1 saturated carbocycles. The summed E-state index contributed by atoms with van der Waals surface area (Å²) in [7, 11) is 5.17. The van der Waals surface area contributed by atoms with Crippen molar-refractivity contribution in [2.45, 2.75) is 51.0 Å². The van der Waals surface area contributed by atoms with Gasteiger partial charge in [0.25, 0.3) is 0 Å². The summed E-state index contributed by atoms with van der Waals surface area (Å²) in [6.07, 6.45) is 8.57. The Morgan fingerprint density at radius 2 is 1.88 bits per heavy atom. The number of nitrogens with one attached hydrogen (secondary N) is 2. The maximum atomic E-state index is 5.35. The van der Waals surface area contributed by atoms with E-state index in [9.17, 15) is 0 Å². The largest absolute Gasteiger partial charge is 0.493 e. The van der Waals surface area contributed by atoms with Gasteiger partial charge in [0.1, 0.15) is 0 Å². The number of rotatable bonds is 7. The zero-order valence-corrected chi connectivity index (χ0v) is 15.2. The number of aryl methyl sites for hydroxylation is 1. The standard InChI is InChI=1S/C19H31N3O2/c1-20-19(22-16-9-5-4-6-10-16)21-13-7-8-15-11-12-17(23-2)18(14-15)24-3/h11-12,14,16H,4-10,13H2,1-3H3,(H2,20,21,22). The number of ether oxygens (including phenoxy) is 2. The Bertz CT molecular complexity index is 525. The van der Waals surface area contributed by atoms with Crippen LogP contribution in [0.4, 0.5) is 0 Å². The first kappa shape index (κ1) is 18.4. The molecule has 5 heteroatoms. The molecule has 1 aromatic carbocycles. The van der Waals surface area contributed by atoms with Crippen molar-refractivity contribution in [1.29, 1.82) is 0 Å². The molecule has 0 radical (unpaired) electrons. The molecule has 1 aliphatic carbocycles. The fraction of sp³-hybridized carbons (Fsp3) is 0.632. The molecule has 0 heterocycles. The van der Waals surface area contributed by atoms with Crippen LogP contribution in [0.2, 0.25) is 0 Å². The Labute approximate surface area is 145 Å². The molecule has 0 aromatic heterocycles. The number of nitrogens with zero attached hydrogens (tertiary/aromatic N) is 1. The van der Waals surface area contributed by atoms with Crippen LogP contribution in [0.5, 0.6) is 11.5 Å². The molecule has 0 amide bonds. The summed E-state index contributed by atoms with van der Waals surface area (Å²) >= 11 is 0. The van der Waals surface area contributed by atoms with Crippen LogP contribution in [0.3, 0.4) is 0 Å². The second-order valence-corrected chi connectivity index (χ2v) is 6.27.